The summed E-state index contributed by atoms with van der Waals surface area (Å²) in [7, 11) is 0. The van der Waals surface area contributed by atoms with E-state index in [0.717, 1.165) is 30.9 Å². The third kappa shape index (κ3) is 3.19. The van der Waals surface area contributed by atoms with E-state index >= 15 is 0 Å². The van der Waals surface area contributed by atoms with Gasteiger partial charge in [0.1, 0.15) is 5.82 Å². The summed E-state index contributed by atoms with van der Waals surface area (Å²) in [4.78, 5) is 19.4. The van der Waals surface area contributed by atoms with Crippen LogP contribution in [0, 0.1) is 5.92 Å². The molecule has 0 spiro atoms. The normalized spacial score (nSPS) is 19.0. The standard InChI is InChI=1S/C20H29N3O/c1-14(2)10-11-22-17-9-7-6-8-16(17)21-19(22)15-12-18(24)23(13-15)20(3,4)5/h6-9,14-15H,10-13H2,1-5H3. The summed E-state index contributed by atoms with van der Waals surface area (Å²) in [5.74, 6) is 2.17. The highest BCUT2D eigenvalue weighted by Gasteiger charge is 2.38. The number of rotatable bonds is 4. The summed E-state index contributed by atoms with van der Waals surface area (Å²) < 4.78 is 2.35. The maximum Gasteiger partial charge on any atom is 0.223 e. The largest absolute Gasteiger partial charge is 0.337 e. The SMILES string of the molecule is CC(C)CCn1c(C2CC(=O)N(C(C)(C)C)C2)nc2ccccc21. The number of fused-ring (bicyclic) bond motifs is 1. The van der Waals surface area contributed by atoms with Gasteiger partial charge in [-0.25, -0.2) is 4.98 Å². The van der Waals surface area contributed by atoms with Gasteiger partial charge in [0.2, 0.25) is 5.91 Å². The molecule has 0 N–H and O–H groups in total. The van der Waals surface area contributed by atoms with Gasteiger partial charge in [0.25, 0.3) is 0 Å². The molecular formula is C20H29N3O. The van der Waals surface area contributed by atoms with Gasteiger partial charge in [-0.1, -0.05) is 26.0 Å². The van der Waals surface area contributed by atoms with Crippen molar-refractivity contribution in [2.24, 2.45) is 5.92 Å². The summed E-state index contributed by atoms with van der Waals surface area (Å²) in [6.07, 6.45) is 1.69. The quantitative estimate of drug-likeness (QED) is 0.844. The van der Waals surface area contributed by atoms with Gasteiger partial charge in [0.15, 0.2) is 0 Å². The Balaban J connectivity index is 1.97. The number of imidazole rings is 1. The van der Waals surface area contributed by atoms with Crippen LogP contribution in [0.1, 0.15) is 59.2 Å². The third-order valence-electron chi connectivity index (χ3n) is 4.91. The third-order valence-corrected chi connectivity index (χ3v) is 4.91. The molecule has 1 fully saturated rings. The number of hydrogen-bond acceptors (Lipinski definition) is 2. The maximum absolute atomic E-state index is 12.5. The van der Waals surface area contributed by atoms with Crippen molar-refractivity contribution in [2.75, 3.05) is 6.54 Å². The van der Waals surface area contributed by atoms with E-state index in [2.05, 4.69) is 57.4 Å². The summed E-state index contributed by atoms with van der Waals surface area (Å²) in [6, 6.07) is 8.32. The molecule has 0 aliphatic carbocycles. The van der Waals surface area contributed by atoms with Crippen LogP contribution in [0.25, 0.3) is 11.0 Å². The van der Waals surface area contributed by atoms with E-state index < -0.39 is 0 Å². The van der Waals surface area contributed by atoms with E-state index in [1.165, 1.54) is 5.52 Å². The average Bonchev–Trinajstić information content (AvgIpc) is 3.05. The smallest absolute Gasteiger partial charge is 0.223 e. The van der Waals surface area contributed by atoms with E-state index in [1.54, 1.807) is 0 Å². The van der Waals surface area contributed by atoms with Crippen LogP contribution in [0.5, 0.6) is 0 Å². The van der Waals surface area contributed by atoms with E-state index in [9.17, 15) is 4.79 Å². The van der Waals surface area contributed by atoms with E-state index in [1.807, 2.05) is 11.0 Å². The number of aromatic nitrogens is 2. The van der Waals surface area contributed by atoms with Crippen molar-refractivity contribution in [3.05, 3.63) is 30.1 Å². The molecule has 2 aromatic rings. The molecule has 0 radical (unpaired) electrons. The highest BCUT2D eigenvalue weighted by atomic mass is 16.2. The first kappa shape index (κ1) is 17.0. The van der Waals surface area contributed by atoms with E-state index in [4.69, 9.17) is 4.98 Å². The molecule has 0 bridgehead atoms. The second-order valence-corrected chi connectivity index (χ2v) is 8.37. The first-order valence-corrected chi connectivity index (χ1v) is 9.03. The molecule has 0 saturated carbocycles. The molecule has 3 rings (SSSR count). The molecule has 1 aromatic heterocycles. The zero-order chi connectivity index (χ0) is 17.5. The van der Waals surface area contributed by atoms with Crippen LogP contribution in [0.2, 0.25) is 0 Å². The molecule has 2 heterocycles. The van der Waals surface area contributed by atoms with E-state index in [-0.39, 0.29) is 17.4 Å². The van der Waals surface area contributed by atoms with Gasteiger partial charge < -0.3 is 9.47 Å². The van der Waals surface area contributed by atoms with Crippen molar-refractivity contribution in [1.82, 2.24) is 14.5 Å². The van der Waals surface area contributed by atoms with Crippen LogP contribution >= 0.6 is 0 Å². The minimum absolute atomic E-state index is 0.124. The lowest BCUT2D eigenvalue weighted by atomic mass is 10.1. The number of carbonyl (C=O) groups is 1. The van der Waals surface area contributed by atoms with Crippen molar-refractivity contribution < 1.29 is 4.79 Å². The van der Waals surface area contributed by atoms with Crippen molar-refractivity contribution in [3.63, 3.8) is 0 Å². The highest BCUT2D eigenvalue weighted by Crippen LogP contribution is 2.34. The Kier molecular flexibility index (Phi) is 4.41. The van der Waals surface area contributed by atoms with Gasteiger partial charge in [-0.15, -0.1) is 0 Å². The molecule has 1 saturated heterocycles. The van der Waals surface area contributed by atoms with Gasteiger partial charge >= 0.3 is 0 Å². The predicted octanol–water partition coefficient (Wildman–Crippen LogP) is 4.20. The number of amides is 1. The second kappa shape index (κ2) is 6.23. The van der Waals surface area contributed by atoms with Crippen LogP contribution in [0.3, 0.4) is 0 Å². The van der Waals surface area contributed by atoms with Crippen LogP contribution in [0.15, 0.2) is 24.3 Å². The van der Waals surface area contributed by atoms with Gasteiger partial charge in [-0.2, -0.15) is 0 Å². The number of carbonyl (C=O) groups excluding carboxylic acids is 1. The van der Waals surface area contributed by atoms with Gasteiger partial charge in [0, 0.05) is 31.0 Å². The summed E-state index contributed by atoms with van der Waals surface area (Å²) in [5.41, 5.74) is 2.10. The number of benzene rings is 1. The Labute approximate surface area is 144 Å². The molecular weight excluding hydrogens is 298 g/mol. The lowest BCUT2D eigenvalue weighted by Gasteiger charge is -2.32. The Morgan fingerprint density at radius 3 is 2.58 bits per heavy atom. The molecule has 1 unspecified atom stereocenters. The average molecular weight is 327 g/mol. The van der Waals surface area contributed by atoms with Gasteiger partial charge in [-0.3, -0.25) is 4.79 Å². The minimum atomic E-state index is -0.124. The van der Waals surface area contributed by atoms with Crippen LogP contribution in [0.4, 0.5) is 0 Å². The number of likely N-dealkylation sites (tertiary alicyclic amines) is 1. The predicted molar refractivity (Wildman–Crippen MR) is 98.0 cm³/mol. The van der Waals surface area contributed by atoms with Crippen molar-refractivity contribution in [2.45, 2.75) is 65.5 Å². The zero-order valence-electron chi connectivity index (χ0n) is 15.5. The molecule has 1 aliphatic rings. The Hall–Kier alpha value is -1.84. The minimum Gasteiger partial charge on any atom is -0.337 e. The monoisotopic (exact) mass is 327 g/mol. The number of hydrogen-bond donors (Lipinski definition) is 0. The summed E-state index contributed by atoms with van der Waals surface area (Å²) >= 11 is 0. The van der Waals surface area contributed by atoms with Crippen LogP contribution < -0.4 is 0 Å². The zero-order valence-corrected chi connectivity index (χ0v) is 15.5. The molecule has 1 aliphatic heterocycles. The Bertz CT molecular complexity index is 739. The first-order chi connectivity index (χ1) is 11.3. The van der Waals surface area contributed by atoms with E-state index in [0.29, 0.717) is 12.3 Å². The molecule has 1 aromatic carbocycles. The fourth-order valence-electron chi connectivity index (χ4n) is 3.56. The molecule has 4 nitrogen and oxygen atoms in total. The van der Waals surface area contributed by atoms with Crippen LogP contribution in [-0.4, -0.2) is 32.4 Å². The van der Waals surface area contributed by atoms with Crippen molar-refractivity contribution >= 4 is 16.9 Å². The second-order valence-electron chi connectivity index (χ2n) is 8.37. The molecule has 130 valence electrons. The van der Waals surface area contributed by atoms with Crippen molar-refractivity contribution in [3.8, 4) is 0 Å². The fourth-order valence-corrected chi connectivity index (χ4v) is 3.56. The van der Waals surface area contributed by atoms with Gasteiger partial charge in [0.05, 0.1) is 11.0 Å². The number of nitrogens with zero attached hydrogens (tertiary/aromatic N) is 3. The maximum atomic E-state index is 12.5. The molecule has 1 amide bonds. The molecule has 4 heteroatoms. The van der Waals surface area contributed by atoms with Crippen LogP contribution in [-0.2, 0) is 11.3 Å². The number of para-hydroxylation sites is 2. The van der Waals surface area contributed by atoms with Crippen molar-refractivity contribution in [1.29, 1.82) is 0 Å². The Morgan fingerprint density at radius 2 is 1.96 bits per heavy atom. The summed E-state index contributed by atoms with van der Waals surface area (Å²) in [6.45, 7) is 12.6. The topological polar surface area (TPSA) is 38.1 Å². The Morgan fingerprint density at radius 1 is 1.25 bits per heavy atom. The lowest BCUT2D eigenvalue weighted by molar-refractivity contribution is -0.131. The molecule has 1 atom stereocenters. The summed E-state index contributed by atoms with van der Waals surface area (Å²) in [5, 5.41) is 0. The lowest BCUT2D eigenvalue weighted by Crippen LogP contribution is -2.42. The highest BCUT2D eigenvalue weighted by molar-refractivity contribution is 5.81. The first-order valence-electron chi connectivity index (χ1n) is 9.03. The molecule has 24 heavy (non-hydrogen) atoms. The van der Waals surface area contributed by atoms with Gasteiger partial charge in [-0.05, 0) is 45.2 Å². The fraction of sp³-hybridized carbons (Fsp3) is 0.600. The number of aryl methyl sites for hydroxylation is 1.